The first-order valence-electron chi connectivity index (χ1n) is 6.77. The predicted molar refractivity (Wildman–Crippen MR) is 65.9 cm³/mol. The first kappa shape index (κ1) is 10.8. The Labute approximate surface area is 98.0 Å². The lowest BCUT2D eigenvalue weighted by atomic mass is 9.78. The van der Waals surface area contributed by atoms with Gasteiger partial charge in [-0.05, 0) is 30.3 Å². The van der Waals surface area contributed by atoms with Gasteiger partial charge < -0.3 is 5.32 Å². The average molecular weight is 221 g/mol. The second-order valence-corrected chi connectivity index (χ2v) is 5.67. The Morgan fingerprint density at radius 3 is 2.94 bits per heavy atom. The number of hydrogen-bond acceptors (Lipinski definition) is 3. The van der Waals surface area contributed by atoms with Crippen LogP contribution >= 0.6 is 0 Å². The molecule has 0 radical (unpaired) electrons. The zero-order valence-corrected chi connectivity index (χ0v) is 10.1. The Bertz CT molecular complexity index is 287. The molecule has 2 aliphatic heterocycles. The molecule has 0 aromatic carbocycles. The molecular weight excluding hydrogens is 198 g/mol. The standard InChI is InChI=1S/C13H23N3/c1-9-6-10(8-14-7-9)13-11-4-2-3-5-12(11)15-16-13/h6,9,11-16H,2-5,7-8H2,1H3/t9-,11?,12?,13?/m0/s1. The molecule has 1 saturated heterocycles. The van der Waals surface area contributed by atoms with Gasteiger partial charge in [0.2, 0.25) is 0 Å². The summed E-state index contributed by atoms with van der Waals surface area (Å²) in [5, 5.41) is 3.52. The molecule has 2 heterocycles. The molecule has 3 rings (SSSR count). The summed E-state index contributed by atoms with van der Waals surface area (Å²) in [5.74, 6) is 1.51. The third-order valence-electron chi connectivity index (χ3n) is 4.37. The minimum Gasteiger partial charge on any atom is -0.312 e. The number of rotatable bonds is 1. The van der Waals surface area contributed by atoms with Crippen molar-refractivity contribution in [2.45, 2.75) is 44.7 Å². The van der Waals surface area contributed by atoms with Crippen LogP contribution < -0.4 is 16.2 Å². The van der Waals surface area contributed by atoms with E-state index in [1.54, 1.807) is 5.57 Å². The third kappa shape index (κ3) is 1.92. The van der Waals surface area contributed by atoms with Crippen LogP contribution in [0.15, 0.2) is 11.6 Å². The highest BCUT2D eigenvalue weighted by Crippen LogP contribution is 2.33. The van der Waals surface area contributed by atoms with Gasteiger partial charge in [0, 0.05) is 25.2 Å². The second-order valence-electron chi connectivity index (χ2n) is 5.67. The third-order valence-corrected chi connectivity index (χ3v) is 4.37. The van der Waals surface area contributed by atoms with Crippen molar-refractivity contribution in [3.05, 3.63) is 11.6 Å². The zero-order chi connectivity index (χ0) is 11.0. The number of hydrogen-bond donors (Lipinski definition) is 3. The number of hydrazine groups is 1. The summed E-state index contributed by atoms with van der Waals surface area (Å²) in [6.45, 7) is 4.51. The minimum atomic E-state index is 0.584. The predicted octanol–water partition coefficient (Wildman–Crippen LogP) is 1.19. The quantitative estimate of drug-likeness (QED) is 0.582. The molecule has 3 aliphatic rings. The van der Waals surface area contributed by atoms with Crippen LogP contribution in [-0.4, -0.2) is 25.2 Å². The van der Waals surface area contributed by atoms with Crippen LogP contribution in [0.5, 0.6) is 0 Å². The topological polar surface area (TPSA) is 36.1 Å². The van der Waals surface area contributed by atoms with E-state index in [0.29, 0.717) is 12.0 Å². The molecule has 4 atom stereocenters. The lowest BCUT2D eigenvalue weighted by molar-refractivity contribution is 0.313. The van der Waals surface area contributed by atoms with Crippen LogP contribution in [0.25, 0.3) is 0 Å². The molecule has 0 aromatic rings. The van der Waals surface area contributed by atoms with Gasteiger partial charge in [0.25, 0.3) is 0 Å². The van der Waals surface area contributed by atoms with Gasteiger partial charge in [-0.2, -0.15) is 0 Å². The summed E-state index contributed by atoms with van der Waals surface area (Å²) in [5.41, 5.74) is 8.62. The van der Waals surface area contributed by atoms with Gasteiger partial charge >= 0.3 is 0 Å². The van der Waals surface area contributed by atoms with E-state index in [-0.39, 0.29) is 0 Å². The molecule has 3 nitrogen and oxygen atoms in total. The maximum atomic E-state index is 3.53. The van der Waals surface area contributed by atoms with Crippen LogP contribution in [-0.2, 0) is 0 Å². The molecule has 1 saturated carbocycles. The first-order chi connectivity index (χ1) is 7.84. The molecule has 1 aliphatic carbocycles. The van der Waals surface area contributed by atoms with E-state index in [1.165, 1.54) is 25.7 Å². The highest BCUT2D eigenvalue weighted by molar-refractivity contribution is 5.21. The second kappa shape index (κ2) is 4.47. The molecule has 16 heavy (non-hydrogen) atoms. The van der Waals surface area contributed by atoms with Gasteiger partial charge in [0.1, 0.15) is 0 Å². The van der Waals surface area contributed by atoms with E-state index in [9.17, 15) is 0 Å². The Morgan fingerprint density at radius 1 is 1.19 bits per heavy atom. The highest BCUT2D eigenvalue weighted by Gasteiger charge is 2.39. The Balaban J connectivity index is 1.74. The molecule has 0 spiro atoms. The molecule has 90 valence electrons. The summed E-state index contributed by atoms with van der Waals surface area (Å²) < 4.78 is 0. The summed E-state index contributed by atoms with van der Waals surface area (Å²) >= 11 is 0. The first-order valence-corrected chi connectivity index (χ1v) is 6.77. The van der Waals surface area contributed by atoms with Crippen LogP contribution in [0.3, 0.4) is 0 Å². The van der Waals surface area contributed by atoms with E-state index in [4.69, 9.17) is 0 Å². The summed E-state index contributed by atoms with van der Waals surface area (Å²) in [6.07, 6.45) is 8.03. The van der Waals surface area contributed by atoms with Crippen LogP contribution in [0.2, 0.25) is 0 Å². The molecule has 0 bridgehead atoms. The van der Waals surface area contributed by atoms with Gasteiger partial charge in [0.15, 0.2) is 0 Å². The van der Waals surface area contributed by atoms with Crippen molar-refractivity contribution in [1.29, 1.82) is 0 Å². The fraction of sp³-hybridized carbons (Fsp3) is 0.846. The Kier molecular flexibility index (Phi) is 3.01. The fourth-order valence-corrected chi connectivity index (χ4v) is 3.55. The zero-order valence-electron chi connectivity index (χ0n) is 10.1. The molecule has 2 fully saturated rings. The lowest BCUT2D eigenvalue weighted by Gasteiger charge is -2.30. The Morgan fingerprint density at radius 2 is 2.06 bits per heavy atom. The molecule has 3 N–H and O–H groups in total. The van der Waals surface area contributed by atoms with Gasteiger partial charge in [-0.1, -0.05) is 25.8 Å². The normalized spacial score (nSPS) is 43.9. The summed E-state index contributed by atoms with van der Waals surface area (Å²) in [4.78, 5) is 0. The van der Waals surface area contributed by atoms with Crippen LogP contribution in [0.1, 0.15) is 32.6 Å². The van der Waals surface area contributed by atoms with E-state index in [2.05, 4.69) is 29.2 Å². The van der Waals surface area contributed by atoms with E-state index in [1.807, 2.05) is 0 Å². The summed E-state index contributed by atoms with van der Waals surface area (Å²) in [7, 11) is 0. The largest absolute Gasteiger partial charge is 0.312 e. The van der Waals surface area contributed by atoms with Crippen molar-refractivity contribution in [1.82, 2.24) is 16.2 Å². The van der Waals surface area contributed by atoms with Gasteiger partial charge in [0.05, 0.1) is 0 Å². The Hall–Kier alpha value is -0.380. The van der Waals surface area contributed by atoms with E-state index >= 15 is 0 Å². The van der Waals surface area contributed by atoms with Crippen molar-refractivity contribution in [2.75, 3.05) is 13.1 Å². The maximum Gasteiger partial charge on any atom is 0.0478 e. The molecule has 0 aromatic heterocycles. The maximum absolute atomic E-state index is 3.53. The van der Waals surface area contributed by atoms with E-state index in [0.717, 1.165) is 25.0 Å². The van der Waals surface area contributed by atoms with Gasteiger partial charge in [-0.25, -0.2) is 0 Å². The molecule has 3 unspecified atom stereocenters. The fourth-order valence-electron chi connectivity index (χ4n) is 3.55. The van der Waals surface area contributed by atoms with Crippen LogP contribution in [0.4, 0.5) is 0 Å². The van der Waals surface area contributed by atoms with Crippen molar-refractivity contribution in [3.8, 4) is 0 Å². The molecule has 0 amide bonds. The van der Waals surface area contributed by atoms with Gasteiger partial charge in [-0.3, -0.25) is 10.9 Å². The average Bonchev–Trinajstić information content (AvgIpc) is 2.72. The SMILES string of the molecule is C[C@H]1C=C(C2NNC3CCCCC32)CNC1. The molecular formula is C13H23N3. The highest BCUT2D eigenvalue weighted by atomic mass is 15.4. The van der Waals surface area contributed by atoms with Crippen molar-refractivity contribution in [3.63, 3.8) is 0 Å². The molecule has 3 heteroatoms. The van der Waals surface area contributed by atoms with Crippen LogP contribution in [0, 0.1) is 11.8 Å². The van der Waals surface area contributed by atoms with E-state index < -0.39 is 0 Å². The summed E-state index contributed by atoms with van der Waals surface area (Å²) in [6, 6.07) is 1.30. The van der Waals surface area contributed by atoms with Crippen molar-refractivity contribution in [2.24, 2.45) is 11.8 Å². The lowest BCUT2D eigenvalue weighted by Crippen LogP contribution is -2.40. The minimum absolute atomic E-state index is 0.584. The smallest absolute Gasteiger partial charge is 0.0478 e. The van der Waals surface area contributed by atoms with Gasteiger partial charge in [-0.15, -0.1) is 0 Å². The number of nitrogens with one attached hydrogen (secondary N) is 3. The monoisotopic (exact) mass is 221 g/mol. The van der Waals surface area contributed by atoms with Crippen molar-refractivity contribution < 1.29 is 0 Å². The van der Waals surface area contributed by atoms with Crippen molar-refractivity contribution >= 4 is 0 Å². The number of fused-ring (bicyclic) bond motifs is 1.